The predicted octanol–water partition coefficient (Wildman–Crippen LogP) is 2.27. The van der Waals surface area contributed by atoms with E-state index in [1.54, 1.807) is 26.0 Å². The molecule has 2 rings (SSSR count). The molecule has 0 amide bonds. The molecule has 0 saturated heterocycles. The van der Waals surface area contributed by atoms with E-state index < -0.39 is 30.1 Å². The number of phenols is 1. The molecule has 0 bridgehead atoms. The number of aliphatic hydroxyl groups is 2. The number of esters is 1. The summed E-state index contributed by atoms with van der Waals surface area (Å²) >= 11 is 0. The van der Waals surface area contributed by atoms with Crippen molar-refractivity contribution in [2.75, 3.05) is 11.9 Å². The summed E-state index contributed by atoms with van der Waals surface area (Å²) < 4.78 is 5.47. The van der Waals surface area contributed by atoms with Crippen LogP contribution in [0.15, 0.2) is 30.4 Å². The average Bonchev–Trinajstić information content (AvgIpc) is 2.64. The van der Waals surface area contributed by atoms with Crippen LogP contribution in [0.5, 0.6) is 5.75 Å². The molecule has 1 aliphatic rings. The van der Waals surface area contributed by atoms with Gasteiger partial charge in [-0.05, 0) is 38.0 Å². The number of ketones is 1. The van der Waals surface area contributed by atoms with Gasteiger partial charge in [0.05, 0.1) is 6.10 Å². The minimum absolute atomic E-state index is 0.00656. The normalized spacial score (nSPS) is 28.6. The lowest BCUT2D eigenvalue weighted by Gasteiger charge is -2.20. The number of rotatable bonds is 2. The number of cyclic esters (lactones) is 1. The van der Waals surface area contributed by atoms with Crippen molar-refractivity contribution in [3.63, 3.8) is 0 Å². The Hall–Kier alpha value is -2.64. The maximum absolute atomic E-state index is 12.7. The van der Waals surface area contributed by atoms with Crippen LogP contribution in [0.2, 0.25) is 0 Å². The zero-order valence-electron chi connectivity index (χ0n) is 16.3. The fourth-order valence-electron chi connectivity index (χ4n) is 2.80. The van der Waals surface area contributed by atoms with Crippen molar-refractivity contribution < 1.29 is 29.6 Å². The van der Waals surface area contributed by atoms with Crippen LogP contribution in [0.4, 0.5) is 5.69 Å². The van der Waals surface area contributed by atoms with Crippen molar-refractivity contribution in [1.82, 2.24) is 0 Å². The van der Waals surface area contributed by atoms with Gasteiger partial charge in [0.25, 0.3) is 0 Å². The minimum Gasteiger partial charge on any atom is -0.507 e. The van der Waals surface area contributed by atoms with Crippen LogP contribution in [0.1, 0.15) is 43.1 Å². The van der Waals surface area contributed by atoms with Crippen LogP contribution in [0.3, 0.4) is 0 Å². The third-order valence-electron chi connectivity index (χ3n) is 4.66. The van der Waals surface area contributed by atoms with Crippen molar-refractivity contribution >= 4 is 23.5 Å². The second kappa shape index (κ2) is 9.52. The summed E-state index contributed by atoms with van der Waals surface area (Å²) in [5, 5.41) is 33.5. The fraction of sp³-hybridized carbons (Fsp3) is 0.429. The lowest BCUT2D eigenvalue weighted by molar-refractivity contribution is -0.127. The highest BCUT2D eigenvalue weighted by Crippen LogP contribution is 2.29. The molecule has 7 heteroatoms. The quantitative estimate of drug-likeness (QED) is 0.573. The minimum atomic E-state index is -1.55. The molecule has 0 saturated carbocycles. The van der Waals surface area contributed by atoms with Crippen LogP contribution in [0.25, 0.3) is 6.08 Å². The molecule has 28 heavy (non-hydrogen) atoms. The Kier molecular flexibility index (Phi) is 7.37. The van der Waals surface area contributed by atoms with Crippen molar-refractivity contribution in [3.05, 3.63) is 41.5 Å². The molecule has 7 nitrogen and oxygen atoms in total. The molecule has 0 aliphatic carbocycles. The Morgan fingerprint density at radius 3 is 2.57 bits per heavy atom. The molecule has 152 valence electrons. The number of benzene rings is 1. The summed E-state index contributed by atoms with van der Waals surface area (Å²) in [6.07, 6.45) is 2.37. The van der Waals surface area contributed by atoms with E-state index in [4.69, 9.17) is 4.74 Å². The number of ether oxygens (including phenoxy) is 1. The first kappa shape index (κ1) is 21.7. The SMILES string of the molecule is CCNc1cc(O)c2c(c1)/C=C/C[C@H](O)C(O)C(=O)/C=C\[C@@H](C)[C@H](C)OC2=O. The van der Waals surface area contributed by atoms with E-state index in [0.29, 0.717) is 17.8 Å². The average molecular weight is 389 g/mol. The zero-order valence-corrected chi connectivity index (χ0v) is 16.3. The zero-order chi connectivity index (χ0) is 20.8. The molecule has 1 unspecified atom stereocenters. The highest BCUT2D eigenvalue weighted by atomic mass is 16.5. The van der Waals surface area contributed by atoms with Gasteiger partial charge in [0.1, 0.15) is 23.5 Å². The number of nitrogens with one attached hydrogen (secondary N) is 1. The molecular weight excluding hydrogens is 362 g/mol. The molecule has 1 aromatic rings. The largest absolute Gasteiger partial charge is 0.507 e. The van der Waals surface area contributed by atoms with Crippen molar-refractivity contribution in [2.45, 2.75) is 45.5 Å². The predicted molar refractivity (Wildman–Crippen MR) is 106 cm³/mol. The van der Waals surface area contributed by atoms with Crippen molar-refractivity contribution in [2.24, 2.45) is 5.92 Å². The second-order valence-corrected chi connectivity index (χ2v) is 6.87. The molecular formula is C21H27NO6. The number of aliphatic hydroxyl groups excluding tert-OH is 2. The van der Waals surface area contributed by atoms with Gasteiger partial charge in [-0.15, -0.1) is 0 Å². The molecule has 0 fully saturated rings. The van der Waals surface area contributed by atoms with Gasteiger partial charge in [-0.2, -0.15) is 0 Å². The van der Waals surface area contributed by atoms with Crippen molar-refractivity contribution in [3.8, 4) is 5.75 Å². The molecule has 0 aromatic heterocycles. The van der Waals surface area contributed by atoms with Crippen LogP contribution >= 0.6 is 0 Å². The molecule has 4 N–H and O–H groups in total. The second-order valence-electron chi connectivity index (χ2n) is 6.87. The van der Waals surface area contributed by atoms with E-state index in [0.717, 1.165) is 0 Å². The highest BCUT2D eigenvalue weighted by molar-refractivity contribution is 5.97. The number of anilines is 1. The third kappa shape index (κ3) is 5.21. The third-order valence-corrected chi connectivity index (χ3v) is 4.66. The van der Waals surface area contributed by atoms with Gasteiger partial charge in [-0.1, -0.05) is 25.2 Å². The standard InChI is InChI=1S/C21H27NO6/c1-4-22-15-10-14-6-5-7-16(23)20(26)17(24)9-8-12(2)13(3)28-21(27)19(14)18(25)11-15/h5-6,8-13,16,20,22-23,25-26H,4,7H2,1-3H3/b6-5+,9-8-/t12-,13+,16+,20?/m1/s1. The highest BCUT2D eigenvalue weighted by Gasteiger charge is 2.25. The Bertz CT molecular complexity index is 785. The van der Waals surface area contributed by atoms with Gasteiger partial charge >= 0.3 is 5.97 Å². The number of phenolic OH excluding ortho intramolecular Hbond substituents is 1. The van der Waals surface area contributed by atoms with Gasteiger partial charge in [-0.25, -0.2) is 4.79 Å². The lowest BCUT2D eigenvalue weighted by atomic mass is 9.99. The van der Waals surface area contributed by atoms with E-state index in [-0.39, 0.29) is 23.7 Å². The maximum Gasteiger partial charge on any atom is 0.342 e. The molecule has 1 aliphatic heterocycles. The van der Waals surface area contributed by atoms with E-state index in [9.17, 15) is 24.9 Å². The first-order valence-electron chi connectivity index (χ1n) is 9.31. The molecule has 1 heterocycles. The summed E-state index contributed by atoms with van der Waals surface area (Å²) in [5.74, 6) is -1.84. The lowest BCUT2D eigenvalue weighted by Crippen LogP contribution is -2.32. The molecule has 4 atom stereocenters. The van der Waals surface area contributed by atoms with E-state index in [1.807, 2.05) is 6.92 Å². The number of carbonyl (C=O) groups excluding carboxylic acids is 2. The summed E-state index contributed by atoms with van der Waals surface area (Å²) in [5.41, 5.74) is 1.04. The number of aromatic hydroxyl groups is 1. The summed E-state index contributed by atoms with van der Waals surface area (Å²) in [6, 6.07) is 3.13. The van der Waals surface area contributed by atoms with E-state index >= 15 is 0 Å². The Labute approximate surface area is 164 Å². The number of hydrogen-bond donors (Lipinski definition) is 4. The molecule has 0 spiro atoms. The van der Waals surface area contributed by atoms with E-state index in [2.05, 4.69) is 5.32 Å². The van der Waals surface area contributed by atoms with Gasteiger partial charge in [0, 0.05) is 24.2 Å². The monoisotopic (exact) mass is 389 g/mol. The van der Waals surface area contributed by atoms with Gasteiger partial charge in [0.15, 0.2) is 5.78 Å². The van der Waals surface area contributed by atoms with Crippen LogP contribution in [-0.2, 0) is 9.53 Å². The van der Waals surface area contributed by atoms with E-state index in [1.165, 1.54) is 24.3 Å². The van der Waals surface area contributed by atoms with Gasteiger partial charge < -0.3 is 25.4 Å². The molecule has 0 radical (unpaired) electrons. The summed E-state index contributed by atoms with van der Waals surface area (Å²) in [6.45, 7) is 5.96. The first-order valence-corrected chi connectivity index (χ1v) is 9.31. The van der Waals surface area contributed by atoms with Crippen LogP contribution in [0, 0.1) is 5.92 Å². The van der Waals surface area contributed by atoms with Gasteiger partial charge in [0.2, 0.25) is 0 Å². The Morgan fingerprint density at radius 2 is 1.89 bits per heavy atom. The van der Waals surface area contributed by atoms with Gasteiger partial charge in [-0.3, -0.25) is 4.79 Å². The van der Waals surface area contributed by atoms with Crippen LogP contribution in [-0.4, -0.2) is 51.9 Å². The fourth-order valence-corrected chi connectivity index (χ4v) is 2.80. The topological polar surface area (TPSA) is 116 Å². The molecule has 1 aromatic carbocycles. The number of hydrogen-bond acceptors (Lipinski definition) is 7. The van der Waals surface area contributed by atoms with Crippen molar-refractivity contribution in [1.29, 1.82) is 0 Å². The first-order chi connectivity index (χ1) is 13.2. The Morgan fingerprint density at radius 1 is 1.18 bits per heavy atom. The van der Waals surface area contributed by atoms with Crippen LogP contribution < -0.4 is 5.32 Å². The maximum atomic E-state index is 12.7. The summed E-state index contributed by atoms with van der Waals surface area (Å²) in [7, 11) is 0. The smallest absolute Gasteiger partial charge is 0.342 e. The number of fused-ring (bicyclic) bond motifs is 1. The number of carbonyl (C=O) groups is 2. The Balaban J connectivity index is 2.50. The summed E-state index contributed by atoms with van der Waals surface area (Å²) in [4.78, 5) is 24.7.